The predicted molar refractivity (Wildman–Crippen MR) is 97.6 cm³/mol. The van der Waals surface area contributed by atoms with E-state index in [1.165, 1.54) is 0 Å². The smallest absolute Gasteiger partial charge is 0.338 e. The molecule has 7 heteroatoms. The number of hydrogen-bond donors (Lipinski definition) is 3. The Morgan fingerprint density at radius 3 is 2.92 bits per heavy atom. The highest BCUT2D eigenvalue weighted by atomic mass is 32.1. The monoisotopic (exact) mass is 352 g/mol. The second-order valence-electron chi connectivity index (χ2n) is 5.65. The summed E-state index contributed by atoms with van der Waals surface area (Å²) in [6.45, 7) is 8.00. The van der Waals surface area contributed by atoms with Crippen LogP contribution in [0, 0.1) is 0 Å². The number of anilines is 1. The van der Waals surface area contributed by atoms with Crippen molar-refractivity contribution in [2.45, 2.75) is 13.3 Å². The van der Waals surface area contributed by atoms with Gasteiger partial charge < -0.3 is 25.0 Å². The standard InChI is InChI=1S/C17H25N3O3S/c1-2-23-16(21)14-5-3-6-15(13-14)19-17(24)18-7-4-8-20-9-11-22-12-10-20/h3,5-6,13H,2,4,7-12H2,1H3,(H2,18,19,24)/p+1. The Morgan fingerprint density at radius 1 is 1.38 bits per heavy atom. The van der Waals surface area contributed by atoms with E-state index in [2.05, 4.69) is 10.6 Å². The predicted octanol–water partition coefficient (Wildman–Crippen LogP) is 0.455. The van der Waals surface area contributed by atoms with Gasteiger partial charge in [0, 0.05) is 18.7 Å². The highest BCUT2D eigenvalue weighted by Crippen LogP contribution is 2.11. The Bertz CT molecular complexity index is 548. The largest absolute Gasteiger partial charge is 0.462 e. The van der Waals surface area contributed by atoms with Gasteiger partial charge in [0.2, 0.25) is 0 Å². The van der Waals surface area contributed by atoms with Gasteiger partial charge in [0.15, 0.2) is 5.11 Å². The fraction of sp³-hybridized carbons (Fsp3) is 0.529. The van der Waals surface area contributed by atoms with Gasteiger partial charge in [-0.25, -0.2) is 4.79 Å². The number of benzene rings is 1. The molecule has 0 saturated carbocycles. The average molecular weight is 352 g/mol. The van der Waals surface area contributed by atoms with E-state index in [9.17, 15) is 4.79 Å². The van der Waals surface area contributed by atoms with Crippen molar-refractivity contribution in [3.05, 3.63) is 29.8 Å². The number of nitrogens with one attached hydrogen (secondary N) is 3. The van der Waals surface area contributed by atoms with E-state index in [1.807, 2.05) is 6.07 Å². The zero-order valence-corrected chi connectivity index (χ0v) is 14.9. The van der Waals surface area contributed by atoms with Crippen molar-refractivity contribution < 1.29 is 19.2 Å². The summed E-state index contributed by atoms with van der Waals surface area (Å²) in [5, 5.41) is 6.87. The van der Waals surface area contributed by atoms with Crippen LogP contribution >= 0.6 is 12.2 Å². The van der Waals surface area contributed by atoms with Gasteiger partial charge in [-0.15, -0.1) is 0 Å². The van der Waals surface area contributed by atoms with Gasteiger partial charge in [0.1, 0.15) is 13.1 Å². The Balaban J connectivity index is 1.70. The minimum atomic E-state index is -0.325. The molecule has 6 nitrogen and oxygen atoms in total. The number of carbonyl (C=O) groups is 1. The minimum Gasteiger partial charge on any atom is -0.462 e. The first kappa shape index (κ1) is 18.6. The van der Waals surface area contributed by atoms with E-state index >= 15 is 0 Å². The first-order chi connectivity index (χ1) is 11.7. The van der Waals surface area contributed by atoms with Crippen LogP contribution in [-0.2, 0) is 9.47 Å². The van der Waals surface area contributed by atoms with E-state index < -0.39 is 0 Å². The molecular weight excluding hydrogens is 326 g/mol. The highest BCUT2D eigenvalue weighted by Gasteiger charge is 2.12. The molecule has 1 saturated heterocycles. The number of hydrogen-bond acceptors (Lipinski definition) is 4. The molecular formula is C17H26N3O3S+. The lowest BCUT2D eigenvalue weighted by molar-refractivity contribution is -0.908. The summed E-state index contributed by atoms with van der Waals surface area (Å²) in [7, 11) is 0. The summed E-state index contributed by atoms with van der Waals surface area (Å²) in [5.74, 6) is -0.325. The molecule has 0 spiro atoms. The van der Waals surface area contributed by atoms with E-state index in [1.54, 1.807) is 30.0 Å². The molecule has 2 rings (SSSR count). The third-order valence-corrected chi connectivity index (χ3v) is 4.07. The molecule has 0 aromatic heterocycles. The summed E-state index contributed by atoms with van der Waals surface area (Å²) < 4.78 is 10.4. The van der Waals surface area contributed by atoms with Gasteiger partial charge in [0.05, 0.1) is 31.9 Å². The van der Waals surface area contributed by atoms with Gasteiger partial charge in [-0.2, -0.15) is 0 Å². The molecule has 1 aromatic rings. The summed E-state index contributed by atoms with van der Waals surface area (Å²) in [5.41, 5.74) is 1.29. The SMILES string of the molecule is CCOC(=O)c1cccc(NC(=S)NCCC[NH+]2CCOCC2)c1. The number of quaternary nitrogens is 1. The average Bonchev–Trinajstić information content (AvgIpc) is 2.60. The maximum Gasteiger partial charge on any atom is 0.338 e. The molecule has 0 bridgehead atoms. The van der Waals surface area contributed by atoms with Crippen LogP contribution in [0.15, 0.2) is 24.3 Å². The topological polar surface area (TPSA) is 64.0 Å². The van der Waals surface area contributed by atoms with Crippen molar-refractivity contribution in [3.8, 4) is 0 Å². The number of esters is 1. The Kier molecular flexibility index (Phi) is 7.94. The van der Waals surface area contributed by atoms with Crippen LogP contribution in [-0.4, -0.2) is 57.1 Å². The molecule has 132 valence electrons. The number of rotatable bonds is 7. The first-order valence-electron chi connectivity index (χ1n) is 8.42. The van der Waals surface area contributed by atoms with Crippen LogP contribution in [0.2, 0.25) is 0 Å². The van der Waals surface area contributed by atoms with E-state index in [0.29, 0.717) is 17.3 Å². The van der Waals surface area contributed by atoms with Crippen molar-refractivity contribution >= 4 is 29.0 Å². The molecule has 0 atom stereocenters. The quantitative estimate of drug-likeness (QED) is 0.376. The maximum absolute atomic E-state index is 11.7. The van der Waals surface area contributed by atoms with Gasteiger partial charge in [-0.1, -0.05) is 6.07 Å². The second kappa shape index (κ2) is 10.2. The molecule has 0 unspecified atom stereocenters. The molecule has 0 radical (unpaired) electrons. The Hall–Kier alpha value is -1.70. The van der Waals surface area contributed by atoms with Crippen LogP contribution < -0.4 is 15.5 Å². The lowest BCUT2D eigenvalue weighted by atomic mass is 10.2. The van der Waals surface area contributed by atoms with Crippen LogP contribution in [0.5, 0.6) is 0 Å². The van der Waals surface area contributed by atoms with Crippen molar-refractivity contribution in [2.75, 3.05) is 51.3 Å². The van der Waals surface area contributed by atoms with E-state index in [0.717, 1.165) is 51.5 Å². The van der Waals surface area contributed by atoms with Gasteiger partial charge in [0.25, 0.3) is 0 Å². The number of carbonyl (C=O) groups excluding carboxylic acids is 1. The number of ether oxygens (including phenoxy) is 2. The molecule has 24 heavy (non-hydrogen) atoms. The molecule has 0 amide bonds. The fourth-order valence-corrected chi connectivity index (χ4v) is 2.78. The molecule has 1 fully saturated rings. The molecule has 1 aliphatic rings. The lowest BCUT2D eigenvalue weighted by Crippen LogP contribution is -3.14. The van der Waals surface area contributed by atoms with Crippen molar-refractivity contribution in [1.82, 2.24) is 5.32 Å². The van der Waals surface area contributed by atoms with Crippen molar-refractivity contribution in [3.63, 3.8) is 0 Å². The van der Waals surface area contributed by atoms with E-state index in [4.69, 9.17) is 21.7 Å². The van der Waals surface area contributed by atoms with Crippen LogP contribution in [0.25, 0.3) is 0 Å². The highest BCUT2D eigenvalue weighted by molar-refractivity contribution is 7.80. The molecule has 1 aliphatic heterocycles. The molecule has 3 N–H and O–H groups in total. The summed E-state index contributed by atoms with van der Waals surface area (Å²) in [6.07, 6.45) is 1.06. The number of morpholine rings is 1. The fourth-order valence-electron chi connectivity index (χ4n) is 2.56. The summed E-state index contributed by atoms with van der Waals surface area (Å²) in [4.78, 5) is 13.3. The van der Waals surface area contributed by atoms with Gasteiger partial charge >= 0.3 is 5.97 Å². The molecule has 1 heterocycles. The summed E-state index contributed by atoms with van der Waals surface area (Å²) in [6, 6.07) is 7.14. The molecule has 1 aromatic carbocycles. The van der Waals surface area contributed by atoms with Crippen LogP contribution in [0.1, 0.15) is 23.7 Å². The normalized spacial score (nSPS) is 14.9. The van der Waals surface area contributed by atoms with Crippen molar-refractivity contribution in [2.24, 2.45) is 0 Å². The third kappa shape index (κ3) is 6.43. The van der Waals surface area contributed by atoms with Gasteiger partial charge in [-0.05, 0) is 37.3 Å². The maximum atomic E-state index is 11.7. The lowest BCUT2D eigenvalue weighted by Gasteiger charge is -2.23. The third-order valence-electron chi connectivity index (χ3n) is 3.82. The molecule has 0 aliphatic carbocycles. The van der Waals surface area contributed by atoms with Crippen LogP contribution in [0.3, 0.4) is 0 Å². The van der Waals surface area contributed by atoms with Crippen LogP contribution in [0.4, 0.5) is 5.69 Å². The van der Waals surface area contributed by atoms with Crippen molar-refractivity contribution in [1.29, 1.82) is 0 Å². The zero-order valence-electron chi connectivity index (χ0n) is 14.1. The zero-order chi connectivity index (χ0) is 17.2. The Morgan fingerprint density at radius 2 is 2.17 bits per heavy atom. The second-order valence-corrected chi connectivity index (χ2v) is 6.06. The van der Waals surface area contributed by atoms with Gasteiger partial charge in [-0.3, -0.25) is 0 Å². The number of thiocarbonyl (C=S) groups is 1. The summed E-state index contributed by atoms with van der Waals surface area (Å²) >= 11 is 5.30. The minimum absolute atomic E-state index is 0.325. The Labute approximate surface area is 148 Å². The van der Waals surface area contributed by atoms with E-state index in [-0.39, 0.29) is 5.97 Å². The first-order valence-corrected chi connectivity index (χ1v) is 8.83.